The minimum absolute atomic E-state index is 0.000739. The zero-order valence-corrected chi connectivity index (χ0v) is 10.5. The van der Waals surface area contributed by atoms with E-state index in [1.165, 1.54) is 0 Å². The van der Waals surface area contributed by atoms with Crippen molar-refractivity contribution in [3.63, 3.8) is 0 Å². The van der Waals surface area contributed by atoms with E-state index in [0.717, 1.165) is 19.3 Å². The molecular formula is C12H26N2O. The van der Waals surface area contributed by atoms with Gasteiger partial charge in [0.2, 0.25) is 5.91 Å². The molecule has 3 atom stereocenters. The maximum atomic E-state index is 11.5. The lowest BCUT2D eigenvalue weighted by Crippen LogP contribution is -2.37. The Morgan fingerprint density at radius 1 is 1.27 bits per heavy atom. The lowest BCUT2D eigenvalue weighted by atomic mass is 10.00. The molecule has 0 spiro atoms. The molecule has 0 aromatic rings. The molecule has 15 heavy (non-hydrogen) atoms. The van der Waals surface area contributed by atoms with E-state index < -0.39 is 0 Å². The monoisotopic (exact) mass is 214 g/mol. The van der Waals surface area contributed by atoms with Gasteiger partial charge in [-0.25, -0.2) is 0 Å². The highest BCUT2D eigenvalue weighted by molar-refractivity contribution is 5.76. The summed E-state index contributed by atoms with van der Waals surface area (Å²) < 4.78 is 0. The highest BCUT2D eigenvalue weighted by atomic mass is 16.1. The number of nitrogens with one attached hydrogen (secondary N) is 1. The first-order chi connectivity index (χ1) is 6.99. The van der Waals surface area contributed by atoms with Crippen LogP contribution in [0, 0.1) is 5.92 Å². The molecule has 3 N–H and O–H groups in total. The van der Waals surface area contributed by atoms with Gasteiger partial charge in [0.15, 0.2) is 0 Å². The molecule has 0 heterocycles. The quantitative estimate of drug-likeness (QED) is 0.681. The van der Waals surface area contributed by atoms with Gasteiger partial charge in [0.1, 0.15) is 0 Å². The SMILES string of the molecule is CCC(C)CC(C)NC(=O)CC(N)CC. The summed E-state index contributed by atoms with van der Waals surface area (Å²) >= 11 is 0. The van der Waals surface area contributed by atoms with Crippen molar-refractivity contribution in [2.24, 2.45) is 11.7 Å². The van der Waals surface area contributed by atoms with Crippen molar-refractivity contribution >= 4 is 5.91 Å². The summed E-state index contributed by atoms with van der Waals surface area (Å²) in [4.78, 5) is 11.5. The molecule has 3 heteroatoms. The Labute approximate surface area is 93.8 Å². The molecule has 3 nitrogen and oxygen atoms in total. The number of hydrogen-bond donors (Lipinski definition) is 2. The van der Waals surface area contributed by atoms with Crippen LogP contribution < -0.4 is 11.1 Å². The fourth-order valence-corrected chi connectivity index (χ4v) is 1.55. The maximum Gasteiger partial charge on any atom is 0.221 e. The van der Waals surface area contributed by atoms with Crippen LogP contribution in [-0.2, 0) is 4.79 Å². The number of nitrogens with two attached hydrogens (primary N) is 1. The van der Waals surface area contributed by atoms with Gasteiger partial charge in [-0.2, -0.15) is 0 Å². The van der Waals surface area contributed by atoms with E-state index in [1.807, 2.05) is 6.92 Å². The second kappa shape index (κ2) is 7.69. The van der Waals surface area contributed by atoms with E-state index in [-0.39, 0.29) is 18.0 Å². The van der Waals surface area contributed by atoms with E-state index in [2.05, 4.69) is 26.1 Å². The number of rotatable bonds is 7. The molecule has 1 amide bonds. The Balaban J connectivity index is 3.76. The average molecular weight is 214 g/mol. The van der Waals surface area contributed by atoms with Gasteiger partial charge in [-0.15, -0.1) is 0 Å². The Bertz CT molecular complexity index is 182. The van der Waals surface area contributed by atoms with Gasteiger partial charge in [-0.1, -0.05) is 27.2 Å². The summed E-state index contributed by atoms with van der Waals surface area (Å²) in [5.74, 6) is 0.750. The summed E-state index contributed by atoms with van der Waals surface area (Å²) in [7, 11) is 0. The minimum atomic E-state index is 0.000739. The lowest BCUT2D eigenvalue weighted by molar-refractivity contribution is -0.122. The third-order valence-corrected chi connectivity index (χ3v) is 2.83. The second-order valence-electron chi connectivity index (χ2n) is 4.59. The molecule has 0 aliphatic heterocycles. The van der Waals surface area contributed by atoms with Crippen LogP contribution >= 0.6 is 0 Å². The van der Waals surface area contributed by atoms with Gasteiger partial charge in [-0.3, -0.25) is 4.79 Å². The zero-order valence-electron chi connectivity index (χ0n) is 10.5. The normalized spacial score (nSPS) is 16.9. The van der Waals surface area contributed by atoms with Crippen molar-refractivity contribution in [2.75, 3.05) is 0 Å². The summed E-state index contributed by atoms with van der Waals surface area (Å²) in [6.07, 6.45) is 3.51. The second-order valence-corrected chi connectivity index (χ2v) is 4.59. The Morgan fingerprint density at radius 2 is 1.87 bits per heavy atom. The van der Waals surface area contributed by atoms with Gasteiger partial charge in [-0.05, 0) is 25.7 Å². The van der Waals surface area contributed by atoms with Gasteiger partial charge in [0, 0.05) is 18.5 Å². The molecule has 0 fully saturated rings. The molecule has 0 rings (SSSR count). The molecule has 0 aromatic carbocycles. The van der Waals surface area contributed by atoms with E-state index in [9.17, 15) is 4.79 Å². The average Bonchev–Trinajstić information content (AvgIpc) is 2.16. The van der Waals surface area contributed by atoms with Crippen LogP contribution in [0.2, 0.25) is 0 Å². The molecule has 0 bridgehead atoms. The molecule has 0 saturated heterocycles. The van der Waals surface area contributed by atoms with Crippen molar-refractivity contribution in [2.45, 2.75) is 65.5 Å². The lowest BCUT2D eigenvalue weighted by Gasteiger charge is -2.18. The van der Waals surface area contributed by atoms with Crippen LogP contribution in [0.1, 0.15) is 53.4 Å². The minimum Gasteiger partial charge on any atom is -0.354 e. The predicted octanol–water partition coefficient (Wildman–Crippen LogP) is 2.05. The van der Waals surface area contributed by atoms with Gasteiger partial charge in [0.25, 0.3) is 0 Å². The summed E-state index contributed by atoms with van der Waals surface area (Å²) in [6.45, 7) is 8.44. The molecule has 3 unspecified atom stereocenters. The highest BCUT2D eigenvalue weighted by Gasteiger charge is 2.12. The Hall–Kier alpha value is -0.570. The predicted molar refractivity (Wildman–Crippen MR) is 64.6 cm³/mol. The van der Waals surface area contributed by atoms with E-state index in [1.54, 1.807) is 0 Å². The maximum absolute atomic E-state index is 11.5. The number of carbonyl (C=O) groups excluding carboxylic acids is 1. The van der Waals surface area contributed by atoms with E-state index in [4.69, 9.17) is 5.73 Å². The number of amides is 1. The van der Waals surface area contributed by atoms with Gasteiger partial charge >= 0.3 is 0 Å². The molecule has 0 aromatic heterocycles. The number of hydrogen-bond acceptors (Lipinski definition) is 2. The first kappa shape index (κ1) is 14.4. The van der Waals surface area contributed by atoms with Crippen LogP contribution in [-0.4, -0.2) is 18.0 Å². The third kappa shape index (κ3) is 7.37. The van der Waals surface area contributed by atoms with E-state index >= 15 is 0 Å². The van der Waals surface area contributed by atoms with Crippen LogP contribution in [0.5, 0.6) is 0 Å². The molecule has 0 aliphatic carbocycles. The van der Waals surface area contributed by atoms with Gasteiger partial charge < -0.3 is 11.1 Å². The number of carbonyl (C=O) groups is 1. The van der Waals surface area contributed by atoms with Crippen LogP contribution in [0.25, 0.3) is 0 Å². The fraction of sp³-hybridized carbons (Fsp3) is 0.917. The van der Waals surface area contributed by atoms with E-state index in [0.29, 0.717) is 12.3 Å². The zero-order chi connectivity index (χ0) is 11.8. The van der Waals surface area contributed by atoms with Crippen molar-refractivity contribution in [3.05, 3.63) is 0 Å². The van der Waals surface area contributed by atoms with Crippen LogP contribution in [0.4, 0.5) is 0 Å². The van der Waals surface area contributed by atoms with Crippen molar-refractivity contribution < 1.29 is 4.79 Å². The van der Waals surface area contributed by atoms with Crippen molar-refractivity contribution in [1.82, 2.24) is 5.32 Å². The largest absolute Gasteiger partial charge is 0.354 e. The summed E-state index contributed by atoms with van der Waals surface area (Å²) in [5.41, 5.74) is 5.72. The topological polar surface area (TPSA) is 55.1 Å². The molecule has 90 valence electrons. The Morgan fingerprint density at radius 3 is 2.33 bits per heavy atom. The molecule has 0 aliphatic rings. The van der Waals surface area contributed by atoms with Crippen LogP contribution in [0.15, 0.2) is 0 Å². The summed E-state index contributed by atoms with van der Waals surface area (Å²) in [6, 6.07) is 0.261. The molecular weight excluding hydrogens is 188 g/mol. The standard InChI is InChI=1S/C12H26N2O/c1-5-9(3)7-10(4)14-12(15)8-11(13)6-2/h9-11H,5-8,13H2,1-4H3,(H,14,15). The van der Waals surface area contributed by atoms with Crippen molar-refractivity contribution in [1.29, 1.82) is 0 Å². The van der Waals surface area contributed by atoms with Gasteiger partial charge in [0.05, 0.1) is 0 Å². The summed E-state index contributed by atoms with van der Waals surface area (Å²) in [5, 5.41) is 2.99. The smallest absolute Gasteiger partial charge is 0.221 e. The highest BCUT2D eigenvalue weighted by Crippen LogP contribution is 2.09. The first-order valence-corrected chi connectivity index (χ1v) is 6.04. The first-order valence-electron chi connectivity index (χ1n) is 6.04. The third-order valence-electron chi connectivity index (χ3n) is 2.83. The fourth-order valence-electron chi connectivity index (χ4n) is 1.55. The molecule has 0 saturated carbocycles. The van der Waals surface area contributed by atoms with Crippen molar-refractivity contribution in [3.8, 4) is 0 Å². The molecule has 0 radical (unpaired) electrons. The Kier molecular flexibility index (Phi) is 7.39. The van der Waals surface area contributed by atoms with Crippen LogP contribution in [0.3, 0.4) is 0 Å².